The van der Waals surface area contributed by atoms with E-state index < -0.39 is 0 Å². The monoisotopic (exact) mass is 1130 g/mol. The van der Waals surface area contributed by atoms with Crippen LogP contribution in [0.1, 0.15) is 98.8 Å². The Bertz CT molecular complexity index is 2220. The minimum atomic E-state index is -0.156. The second-order valence-electron chi connectivity index (χ2n) is 23.2. The molecule has 0 N–H and O–H groups in total. The SMILES string of the molecule is C=C(C[n+]1ccc(N(C)C)cc1)[C@@H]1CC[C@]2(COC(=O)C[n+]3ccc(N(C)C)cc3)CC[C@]3(C)C(CCC4[C@@]5(C)CC[C@H](OC(=O)C[n+]6ccc(N(C)C)cc6)C(C)(C)C5CC[C@]43C)C12.[Br-].[Br-].[Br-]. The van der Waals surface area contributed by atoms with Crippen LogP contribution in [0, 0.1) is 56.7 Å². The Hall–Kier alpha value is -3.03. The quantitative estimate of drug-likeness (QED) is 0.127. The van der Waals surface area contributed by atoms with Crippen LogP contribution in [-0.2, 0) is 38.7 Å². The molecule has 5 saturated carbocycles. The van der Waals surface area contributed by atoms with Crippen molar-refractivity contribution in [1.82, 2.24) is 0 Å². The number of hydrogen-bond donors (Lipinski definition) is 0. The Kier molecular flexibility index (Phi) is 17.6. The van der Waals surface area contributed by atoms with Crippen molar-refractivity contribution in [2.75, 3.05) is 63.6 Å². The van der Waals surface area contributed by atoms with Crippen LogP contribution in [0.5, 0.6) is 0 Å². The Morgan fingerprint density at radius 2 is 1.09 bits per heavy atom. The van der Waals surface area contributed by atoms with Gasteiger partial charge in [-0.3, -0.25) is 0 Å². The molecule has 0 radical (unpaired) electrons. The van der Waals surface area contributed by atoms with E-state index in [1.54, 1.807) is 0 Å². The third-order valence-electron chi connectivity index (χ3n) is 19.0. The minimum absolute atomic E-state index is 0. The highest BCUT2D eigenvalue weighted by Gasteiger charge is 2.71. The second kappa shape index (κ2) is 21.4. The van der Waals surface area contributed by atoms with Gasteiger partial charge in [-0.05, 0) is 116 Å². The van der Waals surface area contributed by atoms with Crippen LogP contribution in [0.4, 0.5) is 17.1 Å². The molecule has 3 aromatic heterocycles. The predicted molar refractivity (Wildman–Crippen MR) is 257 cm³/mol. The van der Waals surface area contributed by atoms with Gasteiger partial charge in [-0.1, -0.05) is 41.2 Å². The van der Waals surface area contributed by atoms with Gasteiger partial charge < -0.3 is 75.1 Å². The lowest BCUT2D eigenvalue weighted by Gasteiger charge is -2.73. The van der Waals surface area contributed by atoms with Gasteiger partial charge in [-0.25, -0.2) is 14.2 Å². The summed E-state index contributed by atoms with van der Waals surface area (Å²) in [5.41, 5.74) is 4.99. The zero-order valence-corrected chi connectivity index (χ0v) is 47.7. The summed E-state index contributed by atoms with van der Waals surface area (Å²) in [6, 6.07) is 12.6. The summed E-state index contributed by atoms with van der Waals surface area (Å²) in [4.78, 5) is 33.5. The summed E-state index contributed by atoms with van der Waals surface area (Å²) in [6.45, 7) is 19.4. The summed E-state index contributed by atoms with van der Waals surface area (Å²) in [6.07, 6.45) is 23.4. The van der Waals surface area contributed by atoms with Crippen molar-refractivity contribution < 1.29 is 83.7 Å². The van der Waals surface area contributed by atoms with Gasteiger partial charge in [-0.2, -0.15) is 9.13 Å². The van der Waals surface area contributed by atoms with Crippen LogP contribution in [0.25, 0.3) is 0 Å². The van der Waals surface area contributed by atoms with Gasteiger partial charge in [0.05, 0.1) is 6.61 Å². The number of carbonyl (C=O) groups excluding carboxylic acids is 2. The lowest BCUT2D eigenvalue weighted by atomic mass is 9.32. The maximum absolute atomic E-state index is 13.7. The Morgan fingerprint density at radius 3 is 1.60 bits per heavy atom. The van der Waals surface area contributed by atoms with Crippen molar-refractivity contribution in [2.24, 2.45) is 56.7 Å². The molecule has 4 unspecified atom stereocenters. The van der Waals surface area contributed by atoms with Crippen LogP contribution in [0.3, 0.4) is 0 Å². The normalized spacial score (nSPS) is 31.9. The third kappa shape index (κ3) is 10.2. The molecule has 3 aromatic rings. The van der Waals surface area contributed by atoms with Gasteiger partial charge in [0, 0.05) is 107 Å². The molecule has 5 aliphatic rings. The fraction of sp³-hybridized carbons (Fsp3) is 0.655. The number of rotatable bonds is 13. The second-order valence-corrected chi connectivity index (χ2v) is 23.2. The van der Waals surface area contributed by atoms with Gasteiger partial charge >= 0.3 is 11.9 Å². The number of halogens is 3. The molecule has 3 heterocycles. The number of carbonyl (C=O) groups is 2. The van der Waals surface area contributed by atoms with Gasteiger partial charge in [0.1, 0.15) is 6.10 Å². The van der Waals surface area contributed by atoms with Crippen molar-refractivity contribution in [3.05, 3.63) is 85.7 Å². The van der Waals surface area contributed by atoms with Gasteiger partial charge in [0.25, 0.3) is 0 Å². The van der Waals surface area contributed by atoms with Crippen LogP contribution in [-0.4, -0.2) is 66.9 Å². The molecule has 376 valence electrons. The molecule has 0 saturated heterocycles. The molecule has 0 aliphatic heterocycles. The summed E-state index contributed by atoms with van der Waals surface area (Å²) in [5.74, 6) is 2.05. The van der Waals surface area contributed by atoms with Crippen molar-refractivity contribution in [2.45, 2.75) is 125 Å². The zero-order chi connectivity index (χ0) is 46.7. The standard InChI is InChI=1S/C55H81N6O4.3BrH/c1-39(35-59-29-18-40(19-30-59)56(7)8)43-15-26-55(38-64-48(62)36-60-31-20-41(21-32-60)57(9)10)28-27-53(5)44(50(43)55)13-14-46-52(4)24-17-47(51(2,3)45(52)16-25-54(46,53)6)65-49(63)37-61-33-22-42(23-34-61)58(11)12;;;/h18-23,29-34,43-47,50H,1,13-17,24-28,35-38H2,2-12H3;3*1H/q+3;;;/p-3/t43-,44?,45?,46?,47-,50?,52-,53+,54+,55+;;;/m0.../s1. The van der Waals surface area contributed by atoms with Crippen LogP contribution >= 0.6 is 0 Å². The van der Waals surface area contributed by atoms with Gasteiger partial charge in [-0.15, -0.1) is 0 Å². The number of esters is 2. The van der Waals surface area contributed by atoms with Gasteiger partial charge in [0.2, 0.25) is 13.1 Å². The van der Waals surface area contributed by atoms with Crippen molar-refractivity contribution >= 4 is 29.0 Å². The summed E-state index contributed by atoms with van der Waals surface area (Å²) >= 11 is 0. The van der Waals surface area contributed by atoms with E-state index in [-0.39, 0.29) is 109 Å². The molecule has 10 atom stereocenters. The summed E-state index contributed by atoms with van der Waals surface area (Å²) in [5, 5.41) is 0. The molecule has 5 fully saturated rings. The van der Waals surface area contributed by atoms with Gasteiger partial charge in [0.15, 0.2) is 43.7 Å². The maximum Gasteiger partial charge on any atom is 0.372 e. The Morgan fingerprint density at radius 1 is 0.588 bits per heavy atom. The number of fused-ring (bicyclic) bond motifs is 7. The molecule has 13 heteroatoms. The zero-order valence-electron chi connectivity index (χ0n) is 42.9. The summed E-state index contributed by atoms with van der Waals surface area (Å²) < 4.78 is 19.1. The highest BCUT2D eigenvalue weighted by atomic mass is 79.9. The first-order valence-electron chi connectivity index (χ1n) is 24.7. The highest BCUT2D eigenvalue weighted by Crippen LogP contribution is 2.77. The molecule has 8 rings (SSSR count). The average Bonchev–Trinajstić information content (AvgIpc) is 3.65. The fourth-order valence-electron chi connectivity index (χ4n) is 15.3. The molecular formula is C55H81Br3N6O4. The largest absolute Gasteiger partial charge is 1.00 e. The molecular weight excluding hydrogens is 1050 g/mol. The first-order valence-corrected chi connectivity index (χ1v) is 24.7. The molecule has 68 heavy (non-hydrogen) atoms. The number of anilines is 3. The fourth-order valence-corrected chi connectivity index (χ4v) is 15.3. The number of hydrogen-bond acceptors (Lipinski definition) is 7. The molecule has 5 aliphatic carbocycles. The number of nitrogens with zero attached hydrogens (tertiary/aromatic N) is 6. The third-order valence-corrected chi connectivity index (χ3v) is 19.0. The van der Waals surface area contributed by atoms with E-state index in [0.717, 1.165) is 62.9 Å². The van der Waals surface area contributed by atoms with E-state index in [2.05, 4.69) is 92.5 Å². The van der Waals surface area contributed by atoms with E-state index in [0.29, 0.717) is 36.2 Å². The predicted octanol–water partition coefficient (Wildman–Crippen LogP) is -0.748. The lowest BCUT2D eigenvalue weighted by Crippen LogP contribution is -3.00. The van der Waals surface area contributed by atoms with Crippen molar-refractivity contribution in [1.29, 1.82) is 0 Å². The maximum atomic E-state index is 13.7. The van der Waals surface area contributed by atoms with E-state index in [4.69, 9.17) is 16.1 Å². The molecule has 10 nitrogen and oxygen atoms in total. The van der Waals surface area contributed by atoms with E-state index >= 15 is 0 Å². The number of pyridine rings is 3. The minimum Gasteiger partial charge on any atom is -1.00 e. The number of ether oxygens (including phenoxy) is 2. The number of allylic oxidation sites excluding steroid dienone is 1. The summed E-state index contributed by atoms with van der Waals surface area (Å²) in [7, 11) is 12.3. The Labute approximate surface area is 440 Å². The molecule has 0 amide bonds. The molecule has 0 bridgehead atoms. The van der Waals surface area contributed by atoms with E-state index in [9.17, 15) is 9.59 Å². The van der Waals surface area contributed by atoms with Crippen molar-refractivity contribution in [3.63, 3.8) is 0 Å². The van der Waals surface area contributed by atoms with Crippen LogP contribution in [0.2, 0.25) is 0 Å². The topological polar surface area (TPSA) is 74.0 Å². The number of aromatic nitrogens is 3. The van der Waals surface area contributed by atoms with E-state index in [1.165, 1.54) is 30.5 Å². The molecule has 0 spiro atoms. The van der Waals surface area contributed by atoms with Crippen LogP contribution < -0.4 is 79.3 Å². The van der Waals surface area contributed by atoms with Crippen LogP contribution in [0.15, 0.2) is 85.7 Å². The Balaban J connectivity index is 0.00000288. The lowest BCUT2D eigenvalue weighted by molar-refractivity contribution is -0.689. The molecule has 0 aromatic carbocycles. The van der Waals surface area contributed by atoms with E-state index in [1.807, 2.05) is 86.4 Å². The first-order chi connectivity index (χ1) is 30.7. The smallest absolute Gasteiger partial charge is 0.372 e. The average molecular weight is 1130 g/mol. The highest BCUT2D eigenvalue weighted by molar-refractivity contribution is 5.68. The van der Waals surface area contributed by atoms with Crippen molar-refractivity contribution in [3.8, 4) is 0 Å². The first kappa shape index (κ1) is 55.9.